The number of rotatable bonds is 9. The van der Waals surface area contributed by atoms with Crippen LogP contribution in [0.25, 0.3) is 11.1 Å². The van der Waals surface area contributed by atoms with Crippen LogP contribution in [-0.2, 0) is 24.0 Å². The Labute approximate surface area is 288 Å². The van der Waals surface area contributed by atoms with Crippen LogP contribution in [0.1, 0.15) is 36.1 Å². The fraction of sp³-hybridized carbons (Fsp3) is 0.0488. The Morgan fingerprint density at radius 1 is 0.540 bits per heavy atom. The van der Waals surface area contributed by atoms with Gasteiger partial charge in [0.05, 0.1) is 11.1 Å². The van der Waals surface area contributed by atoms with Crippen molar-refractivity contribution in [2.75, 3.05) is 0 Å². The van der Waals surface area contributed by atoms with Gasteiger partial charge in [0, 0.05) is 47.9 Å². The molecular weight excluding hydrogens is 636 g/mol. The molecule has 0 amide bonds. The molecule has 4 aromatic carbocycles. The first-order valence-electron chi connectivity index (χ1n) is 14.8. The van der Waals surface area contributed by atoms with E-state index in [1.807, 2.05) is 12.1 Å². The average molecular weight is 665 g/mol. The van der Waals surface area contributed by atoms with Gasteiger partial charge in [-0.2, -0.15) is 0 Å². The third-order valence-corrected chi connectivity index (χ3v) is 6.50. The Hall–Kier alpha value is -7.23. The fourth-order valence-electron chi connectivity index (χ4n) is 3.95. The summed E-state index contributed by atoms with van der Waals surface area (Å²) < 4.78 is 21.1. The van der Waals surface area contributed by atoms with Crippen molar-refractivity contribution in [3.8, 4) is 57.8 Å². The Kier molecular flexibility index (Phi) is 11.8. The third kappa shape index (κ3) is 9.88. The molecule has 0 saturated carbocycles. The normalized spacial score (nSPS) is 9.72. The third-order valence-electron chi connectivity index (χ3n) is 6.50. The van der Waals surface area contributed by atoms with Gasteiger partial charge in [0.2, 0.25) is 5.78 Å². The van der Waals surface area contributed by atoms with E-state index in [-0.39, 0.29) is 33.9 Å². The van der Waals surface area contributed by atoms with Crippen molar-refractivity contribution >= 4 is 29.7 Å². The van der Waals surface area contributed by atoms with Crippen molar-refractivity contribution in [3.05, 3.63) is 145 Å². The smallest absolute Gasteiger partial charge is 0.379 e. The number of carbonyl (C=O) groups excluding carboxylic acids is 5. The van der Waals surface area contributed by atoms with E-state index < -0.39 is 29.7 Å². The largest absolute Gasteiger partial charge is 0.423 e. The van der Waals surface area contributed by atoms with Crippen LogP contribution in [0.15, 0.2) is 122 Å². The Morgan fingerprint density at radius 3 is 1.32 bits per heavy atom. The van der Waals surface area contributed by atoms with E-state index >= 15 is 0 Å². The van der Waals surface area contributed by atoms with Crippen molar-refractivity contribution in [2.24, 2.45) is 0 Å². The quantitative estimate of drug-likeness (QED) is 0.0666. The molecule has 4 rings (SSSR count). The van der Waals surface area contributed by atoms with Crippen molar-refractivity contribution in [3.63, 3.8) is 0 Å². The van der Waals surface area contributed by atoms with E-state index in [1.54, 1.807) is 48.5 Å². The highest BCUT2D eigenvalue weighted by Gasteiger charge is 2.18. The molecule has 4 aromatic rings. The average Bonchev–Trinajstić information content (AvgIpc) is 3.11. The molecule has 246 valence electrons. The van der Waals surface area contributed by atoms with Crippen LogP contribution in [0.3, 0.4) is 0 Å². The molecule has 0 atom stereocenters. The van der Waals surface area contributed by atoms with Crippen LogP contribution in [0.4, 0.5) is 0 Å². The SMILES string of the molecule is C=CC(=O)Oc1ccc(C#Cc2cc(OC(=O)C(C)=O)c(C#Cc3ccc(-c4ccc(OC(=O)C=C)cc4)cc3)cc2OC(=O)C(=C)C)cc1. The van der Waals surface area contributed by atoms with Crippen LogP contribution in [-0.4, -0.2) is 29.7 Å². The van der Waals surface area contributed by atoms with Gasteiger partial charge in [-0.3, -0.25) is 4.79 Å². The number of esters is 4. The van der Waals surface area contributed by atoms with Gasteiger partial charge in [-0.25, -0.2) is 19.2 Å². The Bertz CT molecular complexity index is 2150. The van der Waals surface area contributed by atoms with E-state index in [2.05, 4.69) is 43.4 Å². The minimum atomic E-state index is -1.13. The highest BCUT2D eigenvalue weighted by Crippen LogP contribution is 2.30. The summed E-state index contributed by atoms with van der Waals surface area (Å²) >= 11 is 0. The molecule has 0 aliphatic rings. The predicted octanol–water partition coefficient (Wildman–Crippen LogP) is 6.31. The maximum absolute atomic E-state index is 12.5. The molecule has 0 aliphatic carbocycles. The maximum atomic E-state index is 12.5. The van der Waals surface area contributed by atoms with Crippen LogP contribution in [0.2, 0.25) is 0 Å². The highest BCUT2D eigenvalue weighted by molar-refractivity contribution is 6.33. The first-order valence-corrected chi connectivity index (χ1v) is 14.8. The van der Waals surface area contributed by atoms with Gasteiger partial charge in [-0.15, -0.1) is 0 Å². The van der Waals surface area contributed by atoms with E-state index in [9.17, 15) is 24.0 Å². The summed E-state index contributed by atoms with van der Waals surface area (Å²) in [5.41, 5.74) is 3.26. The van der Waals surface area contributed by atoms with Crippen molar-refractivity contribution in [1.29, 1.82) is 0 Å². The molecule has 50 heavy (non-hydrogen) atoms. The van der Waals surface area contributed by atoms with Crippen molar-refractivity contribution in [2.45, 2.75) is 13.8 Å². The fourth-order valence-corrected chi connectivity index (χ4v) is 3.95. The van der Waals surface area contributed by atoms with Gasteiger partial charge >= 0.3 is 23.9 Å². The lowest BCUT2D eigenvalue weighted by atomic mass is 10.0. The van der Waals surface area contributed by atoms with Gasteiger partial charge in [0.1, 0.15) is 23.0 Å². The van der Waals surface area contributed by atoms with E-state index in [1.165, 1.54) is 31.2 Å². The number of ether oxygens (including phenoxy) is 4. The Morgan fingerprint density at radius 2 is 0.920 bits per heavy atom. The van der Waals surface area contributed by atoms with Gasteiger partial charge in [-0.05, 0) is 66.6 Å². The van der Waals surface area contributed by atoms with E-state index in [4.69, 9.17) is 18.9 Å². The molecular formula is C41H28O9. The monoisotopic (exact) mass is 664 g/mol. The van der Waals surface area contributed by atoms with Gasteiger partial charge < -0.3 is 18.9 Å². The Balaban J connectivity index is 1.70. The van der Waals surface area contributed by atoms with Gasteiger partial charge in [0.15, 0.2) is 0 Å². The summed E-state index contributed by atoms with van der Waals surface area (Å²) in [7, 11) is 0. The molecule has 9 heteroatoms. The van der Waals surface area contributed by atoms with E-state index in [0.29, 0.717) is 16.9 Å². The van der Waals surface area contributed by atoms with Gasteiger partial charge in [-0.1, -0.05) is 67.7 Å². The summed E-state index contributed by atoms with van der Waals surface area (Å²) in [6.07, 6.45) is 2.12. The molecule has 0 bridgehead atoms. The van der Waals surface area contributed by atoms with Crippen LogP contribution in [0.5, 0.6) is 23.0 Å². The summed E-state index contributed by atoms with van der Waals surface area (Å²) in [6, 6.07) is 23.2. The molecule has 0 saturated heterocycles. The zero-order valence-corrected chi connectivity index (χ0v) is 27.0. The summed E-state index contributed by atoms with van der Waals surface area (Å²) in [5, 5.41) is 0. The minimum absolute atomic E-state index is 0.00604. The molecule has 0 spiro atoms. The van der Waals surface area contributed by atoms with Crippen LogP contribution < -0.4 is 18.9 Å². The first-order chi connectivity index (χ1) is 23.9. The second-order valence-electron chi connectivity index (χ2n) is 10.3. The topological polar surface area (TPSA) is 122 Å². The van der Waals surface area contributed by atoms with Crippen LogP contribution in [0, 0.1) is 23.7 Å². The predicted molar refractivity (Wildman–Crippen MR) is 185 cm³/mol. The number of Topliss-reactive ketones (excluding diaryl/α,β-unsaturated/α-hetero) is 1. The summed E-state index contributed by atoms with van der Waals surface area (Å²) in [6.45, 7) is 12.9. The lowest BCUT2D eigenvalue weighted by Crippen LogP contribution is -2.18. The molecule has 0 aliphatic heterocycles. The van der Waals surface area contributed by atoms with Crippen molar-refractivity contribution in [1.82, 2.24) is 0 Å². The number of hydrogen-bond donors (Lipinski definition) is 0. The standard InChI is InChI=1S/C41H28O9/c1-6-38(43)47-34-20-12-29(13-21-34)11-17-32-25-37(50-41(46)27(5)42)33(24-36(32)49-40(45)26(3)4)16-10-28-8-14-30(15-9-28)31-18-22-35(23-19-31)48-39(44)7-2/h6-9,12-15,18-25H,1-3H2,4-5H3. The number of benzene rings is 4. The lowest BCUT2D eigenvalue weighted by molar-refractivity contribution is -0.146. The maximum Gasteiger partial charge on any atom is 0.379 e. The molecule has 0 aromatic heterocycles. The molecule has 0 radical (unpaired) electrons. The molecule has 0 fully saturated rings. The number of carbonyl (C=O) groups is 5. The summed E-state index contributed by atoms with van der Waals surface area (Å²) in [5.74, 6) is 8.47. The lowest BCUT2D eigenvalue weighted by Gasteiger charge is -2.11. The minimum Gasteiger partial charge on any atom is -0.423 e. The van der Waals surface area contributed by atoms with Gasteiger partial charge in [0.25, 0.3) is 0 Å². The van der Waals surface area contributed by atoms with Crippen LogP contribution >= 0.6 is 0 Å². The zero-order chi connectivity index (χ0) is 36.2. The second-order valence-corrected chi connectivity index (χ2v) is 10.3. The molecule has 0 N–H and O–H groups in total. The molecule has 9 nitrogen and oxygen atoms in total. The highest BCUT2D eigenvalue weighted by atomic mass is 16.5. The first kappa shape index (κ1) is 35.6. The molecule has 0 heterocycles. The molecule has 0 unspecified atom stereocenters. The zero-order valence-electron chi connectivity index (χ0n) is 27.0. The second kappa shape index (κ2) is 16.6. The summed E-state index contributed by atoms with van der Waals surface area (Å²) in [4.78, 5) is 59.6. The number of ketones is 1. The van der Waals surface area contributed by atoms with Crippen molar-refractivity contribution < 1.29 is 42.9 Å². The number of hydrogen-bond acceptors (Lipinski definition) is 9. The van der Waals surface area contributed by atoms with E-state index in [0.717, 1.165) is 30.2 Å².